The molecule has 5 nitrogen and oxygen atoms in total. The van der Waals surface area contributed by atoms with E-state index in [0.29, 0.717) is 45.7 Å². The highest BCUT2D eigenvalue weighted by Crippen LogP contribution is 2.29. The number of nitriles is 1. The van der Waals surface area contributed by atoms with Gasteiger partial charge in [-0.05, 0) is 67.1 Å². The first-order valence-electron chi connectivity index (χ1n) is 9.62. The van der Waals surface area contributed by atoms with E-state index in [2.05, 4.69) is 6.07 Å². The zero-order valence-electron chi connectivity index (χ0n) is 16.6. The molecule has 1 aromatic heterocycles. The van der Waals surface area contributed by atoms with Crippen molar-refractivity contribution in [1.82, 2.24) is 9.55 Å². The van der Waals surface area contributed by atoms with Crippen molar-refractivity contribution in [1.29, 1.82) is 5.26 Å². The number of aromatic nitrogens is 2. The van der Waals surface area contributed by atoms with Crippen LogP contribution in [0.3, 0.4) is 0 Å². The van der Waals surface area contributed by atoms with Gasteiger partial charge in [0, 0.05) is 15.6 Å². The predicted octanol–water partition coefficient (Wildman–Crippen LogP) is 6.11. The average molecular weight is 450 g/mol. The van der Waals surface area contributed by atoms with E-state index in [0.717, 1.165) is 16.6 Å². The monoisotopic (exact) mass is 449 g/mol. The number of hydrogen-bond donors (Lipinski definition) is 0. The van der Waals surface area contributed by atoms with Crippen molar-refractivity contribution in [2.75, 3.05) is 6.61 Å². The number of carbonyl (C=O) groups excluding carboxylic acids is 1. The summed E-state index contributed by atoms with van der Waals surface area (Å²) < 4.78 is 7.14. The standard InChI is InChI=1S/C24H17Cl2N3O2/c1-2-31-24(30)17-8-10-22-21(11-17)28-23(16-5-3-15(13-27)4-6-16)29(22)14-18-7-9-19(25)12-20(18)26/h3-12H,2,14H2,1H3. The van der Waals surface area contributed by atoms with E-state index in [-0.39, 0.29) is 5.97 Å². The number of benzene rings is 3. The Bertz CT molecular complexity index is 1320. The van der Waals surface area contributed by atoms with Crippen LogP contribution < -0.4 is 0 Å². The number of ether oxygens (including phenoxy) is 1. The highest BCUT2D eigenvalue weighted by Gasteiger charge is 2.17. The summed E-state index contributed by atoms with van der Waals surface area (Å²) in [5.41, 5.74) is 4.24. The van der Waals surface area contributed by atoms with Crippen molar-refractivity contribution in [2.24, 2.45) is 0 Å². The van der Waals surface area contributed by atoms with Crippen molar-refractivity contribution in [3.05, 3.63) is 87.4 Å². The molecule has 4 rings (SSSR count). The number of halogens is 2. The maximum atomic E-state index is 12.2. The fraction of sp³-hybridized carbons (Fsp3) is 0.125. The van der Waals surface area contributed by atoms with Gasteiger partial charge in [0.2, 0.25) is 0 Å². The number of nitrogens with zero attached hydrogens (tertiary/aromatic N) is 3. The third-order valence-electron chi connectivity index (χ3n) is 4.88. The molecule has 0 saturated carbocycles. The summed E-state index contributed by atoms with van der Waals surface area (Å²) in [6, 6.07) is 20.0. The molecule has 0 aliphatic rings. The summed E-state index contributed by atoms with van der Waals surface area (Å²) >= 11 is 12.5. The van der Waals surface area contributed by atoms with Gasteiger partial charge >= 0.3 is 5.97 Å². The Morgan fingerprint density at radius 1 is 1.10 bits per heavy atom. The summed E-state index contributed by atoms with van der Waals surface area (Å²) in [5, 5.41) is 10.2. The lowest BCUT2D eigenvalue weighted by Gasteiger charge is -2.11. The summed E-state index contributed by atoms with van der Waals surface area (Å²) in [6.45, 7) is 2.53. The predicted molar refractivity (Wildman–Crippen MR) is 121 cm³/mol. The summed E-state index contributed by atoms with van der Waals surface area (Å²) in [4.78, 5) is 17.0. The normalized spacial score (nSPS) is 10.8. The SMILES string of the molecule is CCOC(=O)c1ccc2c(c1)nc(-c1ccc(C#N)cc1)n2Cc1ccc(Cl)cc1Cl. The van der Waals surface area contributed by atoms with Gasteiger partial charge in [0.05, 0.1) is 41.4 Å². The molecule has 154 valence electrons. The van der Waals surface area contributed by atoms with E-state index in [1.54, 1.807) is 43.3 Å². The topological polar surface area (TPSA) is 67.9 Å². The van der Waals surface area contributed by atoms with E-state index in [1.807, 2.05) is 28.8 Å². The van der Waals surface area contributed by atoms with E-state index in [1.165, 1.54) is 0 Å². The molecule has 0 amide bonds. The van der Waals surface area contributed by atoms with E-state index in [9.17, 15) is 4.79 Å². The Hall–Kier alpha value is -3.33. The lowest BCUT2D eigenvalue weighted by Crippen LogP contribution is -2.05. The summed E-state index contributed by atoms with van der Waals surface area (Å²) in [6.07, 6.45) is 0. The Kier molecular flexibility index (Phi) is 5.94. The van der Waals surface area contributed by atoms with Gasteiger partial charge in [0.15, 0.2) is 0 Å². The number of rotatable bonds is 5. The van der Waals surface area contributed by atoms with Crippen LogP contribution in [0, 0.1) is 11.3 Å². The number of hydrogen-bond acceptors (Lipinski definition) is 4. The first-order chi connectivity index (χ1) is 15.0. The van der Waals surface area contributed by atoms with Crippen molar-refractivity contribution in [3.63, 3.8) is 0 Å². The van der Waals surface area contributed by atoms with Crippen LogP contribution in [-0.2, 0) is 11.3 Å². The number of fused-ring (bicyclic) bond motifs is 1. The Morgan fingerprint density at radius 2 is 1.87 bits per heavy atom. The molecule has 7 heteroatoms. The van der Waals surface area contributed by atoms with Crippen molar-refractivity contribution < 1.29 is 9.53 Å². The van der Waals surface area contributed by atoms with Crippen LogP contribution in [0.25, 0.3) is 22.4 Å². The molecule has 4 aromatic rings. The van der Waals surface area contributed by atoms with Crippen molar-refractivity contribution in [2.45, 2.75) is 13.5 Å². The molecule has 0 unspecified atom stereocenters. The van der Waals surface area contributed by atoms with Gasteiger partial charge < -0.3 is 9.30 Å². The van der Waals surface area contributed by atoms with E-state index in [4.69, 9.17) is 38.2 Å². The van der Waals surface area contributed by atoms with Crippen LogP contribution in [0.2, 0.25) is 10.0 Å². The molecular formula is C24H17Cl2N3O2. The molecule has 0 aliphatic heterocycles. The zero-order chi connectivity index (χ0) is 22.0. The van der Waals surface area contributed by atoms with Gasteiger partial charge in [-0.3, -0.25) is 0 Å². The minimum Gasteiger partial charge on any atom is -0.462 e. The highest BCUT2D eigenvalue weighted by atomic mass is 35.5. The molecule has 0 aliphatic carbocycles. The Labute approximate surface area is 189 Å². The molecule has 31 heavy (non-hydrogen) atoms. The molecule has 3 aromatic carbocycles. The van der Waals surface area contributed by atoms with Gasteiger partial charge in [-0.15, -0.1) is 0 Å². The maximum Gasteiger partial charge on any atom is 0.338 e. The van der Waals surface area contributed by atoms with Gasteiger partial charge in [0.25, 0.3) is 0 Å². The lowest BCUT2D eigenvalue weighted by molar-refractivity contribution is 0.0526. The largest absolute Gasteiger partial charge is 0.462 e. The first-order valence-corrected chi connectivity index (χ1v) is 10.4. The van der Waals surface area contributed by atoms with Crippen LogP contribution in [0.1, 0.15) is 28.4 Å². The fourth-order valence-corrected chi connectivity index (χ4v) is 3.83. The first kappa shape index (κ1) is 20.9. The van der Waals surface area contributed by atoms with Crippen LogP contribution in [0.5, 0.6) is 0 Å². The molecule has 0 fully saturated rings. The van der Waals surface area contributed by atoms with E-state index >= 15 is 0 Å². The Morgan fingerprint density at radius 3 is 2.55 bits per heavy atom. The smallest absolute Gasteiger partial charge is 0.338 e. The summed E-state index contributed by atoms with van der Waals surface area (Å²) in [5.74, 6) is 0.311. The van der Waals surface area contributed by atoms with Crippen LogP contribution in [-0.4, -0.2) is 22.1 Å². The van der Waals surface area contributed by atoms with Gasteiger partial charge in [-0.2, -0.15) is 5.26 Å². The second kappa shape index (κ2) is 8.81. The molecule has 0 spiro atoms. The van der Waals surface area contributed by atoms with Gasteiger partial charge in [-0.1, -0.05) is 29.3 Å². The van der Waals surface area contributed by atoms with E-state index < -0.39 is 0 Å². The molecular weight excluding hydrogens is 433 g/mol. The second-order valence-corrected chi connectivity index (χ2v) is 7.71. The third-order valence-corrected chi connectivity index (χ3v) is 5.46. The molecule has 1 heterocycles. The molecule has 0 saturated heterocycles. The van der Waals surface area contributed by atoms with Gasteiger partial charge in [0.1, 0.15) is 5.82 Å². The third kappa shape index (κ3) is 4.27. The minimum atomic E-state index is -0.389. The second-order valence-electron chi connectivity index (χ2n) is 6.87. The van der Waals surface area contributed by atoms with Crippen molar-refractivity contribution >= 4 is 40.2 Å². The summed E-state index contributed by atoms with van der Waals surface area (Å²) in [7, 11) is 0. The van der Waals surface area contributed by atoms with Gasteiger partial charge in [-0.25, -0.2) is 9.78 Å². The number of esters is 1. The zero-order valence-corrected chi connectivity index (χ0v) is 18.1. The molecule has 0 N–H and O–H groups in total. The van der Waals surface area contributed by atoms with Crippen molar-refractivity contribution in [3.8, 4) is 17.5 Å². The number of imidazole rings is 1. The minimum absolute atomic E-state index is 0.302. The quantitative estimate of drug-likeness (QED) is 0.344. The fourth-order valence-electron chi connectivity index (χ4n) is 3.37. The average Bonchev–Trinajstić information content (AvgIpc) is 3.13. The van der Waals surface area contributed by atoms with Crippen LogP contribution in [0.15, 0.2) is 60.7 Å². The lowest BCUT2D eigenvalue weighted by atomic mass is 10.1. The molecule has 0 bridgehead atoms. The van der Waals surface area contributed by atoms with Crippen LogP contribution in [0.4, 0.5) is 0 Å². The Balaban J connectivity index is 1.87. The number of carbonyl (C=O) groups is 1. The highest BCUT2D eigenvalue weighted by molar-refractivity contribution is 6.35. The molecule has 0 atom stereocenters. The maximum absolute atomic E-state index is 12.2. The van der Waals surface area contributed by atoms with Crippen LogP contribution >= 0.6 is 23.2 Å². The molecule has 0 radical (unpaired) electrons.